The van der Waals surface area contributed by atoms with E-state index in [0.717, 1.165) is 42.9 Å². The van der Waals surface area contributed by atoms with E-state index in [0.29, 0.717) is 0 Å². The second kappa shape index (κ2) is 6.06. The van der Waals surface area contributed by atoms with Gasteiger partial charge in [0.1, 0.15) is 5.75 Å². The van der Waals surface area contributed by atoms with E-state index in [9.17, 15) is 4.79 Å². The van der Waals surface area contributed by atoms with Crippen molar-refractivity contribution in [3.63, 3.8) is 0 Å². The summed E-state index contributed by atoms with van der Waals surface area (Å²) in [6.45, 7) is 5.63. The van der Waals surface area contributed by atoms with Crippen molar-refractivity contribution in [1.29, 1.82) is 0 Å². The molecule has 1 fully saturated rings. The number of ether oxygens (including phenoxy) is 1. The fourth-order valence-corrected chi connectivity index (χ4v) is 2.56. The molecule has 0 spiro atoms. The number of hydrogen-bond acceptors (Lipinski definition) is 3. The van der Waals surface area contributed by atoms with Gasteiger partial charge < -0.3 is 15.0 Å². The molecule has 1 saturated heterocycles. The van der Waals surface area contributed by atoms with Crippen LogP contribution >= 0.6 is 0 Å². The number of nitrogens with one attached hydrogen (secondary N) is 1. The zero-order valence-corrected chi connectivity index (χ0v) is 11.9. The Hall–Kier alpha value is -1.55. The average molecular weight is 262 g/mol. The van der Waals surface area contributed by atoms with Gasteiger partial charge in [0.05, 0.1) is 18.8 Å². The number of likely N-dealkylation sites (N-methyl/N-ethyl adjacent to an activating group) is 1. The SMILES string of the molecule is CCNC1CCCN(c2cc(C)ccc2OC)C1=O. The number of nitrogens with zero attached hydrogens (tertiary/aromatic N) is 1. The molecule has 0 aliphatic carbocycles. The maximum atomic E-state index is 12.5. The zero-order chi connectivity index (χ0) is 13.8. The smallest absolute Gasteiger partial charge is 0.244 e. The van der Waals surface area contributed by atoms with Crippen LogP contribution in [0.4, 0.5) is 5.69 Å². The first kappa shape index (κ1) is 13.9. The molecule has 1 heterocycles. The Bertz CT molecular complexity index is 457. The Labute approximate surface area is 114 Å². The van der Waals surface area contributed by atoms with Crippen molar-refractivity contribution in [3.05, 3.63) is 23.8 Å². The molecular weight excluding hydrogens is 240 g/mol. The van der Waals surface area contributed by atoms with Gasteiger partial charge in [-0.3, -0.25) is 4.79 Å². The summed E-state index contributed by atoms with van der Waals surface area (Å²) < 4.78 is 5.38. The van der Waals surface area contributed by atoms with Gasteiger partial charge in [0, 0.05) is 6.54 Å². The van der Waals surface area contributed by atoms with Crippen molar-refractivity contribution < 1.29 is 9.53 Å². The molecule has 1 amide bonds. The van der Waals surface area contributed by atoms with E-state index >= 15 is 0 Å². The van der Waals surface area contributed by atoms with E-state index in [4.69, 9.17) is 4.74 Å². The van der Waals surface area contributed by atoms with Crippen LogP contribution in [0.3, 0.4) is 0 Å². The molecule has 0 radical (unpaired) electrons. The van der Waals surface area contributed by atoms with Crippen molar-refractivity contribution in [1.82, 2.24) is 5.32 Å². The van der Waals surface area contributed by atoms with E-state index in [1.54, 1.807) is 7.11 Å². The summed E-state index contributed by atoms with van der Waals surface area (Å²) in [5, 5.41) is 3.25. The second-order valence-electron chi connectivity index (χ2n) is 4.92. The third-order valence-electron chi connectivity index (χ3n) is 3.51. The van der Waals surface area contributed by atoms with E-state index in [1.807, 2.05) is 36.9 Å². The molecule has 0 saturated carbocycles. The van der Waals surface area contributed by atoms with E-state index in [1.165, 1.54) is 0 Å². The Kier molecular flexibility index (Phi) is 4.43. The van der Waals surface area contributed by atoms with Crippen LogP contribution in [0, 0.1) is 6.92 Å². The predicted octanol–water partition coefficient (Wildman–Crippen LogP) is 2.11. The summed E-state index contributed by atoms with van der Waals surface area (Å²) in [5.41, 5.74) is 2.02. The van der Waals surface area contributed by atoms with Gasteiger partial charge in [-0.1, -0.05) is 13.0 Å². The first-order chi connectivity index (χ1) is 9.17. The van der Waals surface area contributed by atoms with Crippen LogP contribution in [0.2, 0.25) is 0 Å². The minimum atomic E-state index is -0.0658. The molecule has 0 aromatic heterocycles. The highest BCUT2D eigenvalue weighted by atomic mass is 16.5. The highest BCUT2D eigenvalue weighted by Crippen LogP contribution is 2.31. The summed E-state index contributed by atoms with van der Waals surface area (Å²) in [6, 6.07) is 5.88. The molecule has 104 valence electrons. The minimum Gasteiger partial charge on any atom is -0.495 e. The van der Waals surface area contributed by atoms with Crippen molar-refractivity contribution in [2.45, 2.75) is 32.7 Å². The fourth-order valence-electron chi connectivity index (χ4n) is 2.56. The topological polar surface area (TPSA) is 41.6 Å². The van der Waals surface area contributed by atoms with Gasteiger partial charge in [0.2, 0.25) is 5.91 Å². The summed E-state index contributed by atoms with van der Waals surface area (Å²) in [4.78, 5) is 14.4. The number of amides is 1. The maximum absolute atomic E-state index is 12.5. The number of rotatable bonds is 4. The Morgan fingerprint density at radius 3 is 2.95 bits per heavy atom. The highest BCUT2D eigenvalue weighted by Gasteiger charge is 2.30. The molecule has 1 aliphatic heterocycles. The molecule has 2 rings (SSSR count). The number of carbonyl (C=O) groups excluding carboxylic acids is 1. The van der Waals surface area contributed by atoms with E-state index in [-0.39, 0.29) is 11.9 Å². The predicted molar refractivity (Wildman–Crippen MR) is 76.8 cm³/mol. The van der Waals surface area contributed by atoms with Gasteiger partial charge in [0.15, 0.2) is 0 Å². The van der Waals surface area contributed by atoms with Gasteiger partial charge in [-0.15, -0.1) is 0 Å². The Morgan fingerprint density at radius 2 is 2.26 bits per heavy atom. The monoisotopic (exact) mass is 262 g/mol. The van der Waals surface area contributed by atoms with Crippen LogP contribution in [0.5, 0.6) is 5.75 Å². The van der Waals surface area contributed by atoms with Crippen LogP contribution in [-0.2, 0) is 4.79 Å². The number of benzene rings is 1. The third kappa shape index (κ3) is 2.89. The lowest BCUT2D eigenvalue weighted by molar-refractivity contribution is -0.121. The first-order valence-corrected chi connectivity index (χ1v) is 6.86. The quantitative estimate of drug-likeness (QED) is 0.903. The number of carbonyl (C=O) groups is 1. The van der Waals surface area contributed by atoms with Gasteiger partial charge in [-0.25, -0.2) is 0 Å². The molecule has 4 nitrogen and oxygen atoms in total. The highest BCUT2D eigenvalue weighted by molar-refractivity contribution is 5.99. The van der Waals surface area contributed by atoms with Gasteiger partial charge in [0.25, 0.3) is 0 Å². The van der Waals surface area contributed by atoms with Crippen molar-refractivity contribution >= 4 is 11.6 Å². The van der Waals surface area contributed by atoms with E-state index in [2.05, 4.69) is 5.32 Å². The lowest BCUT2D eigenvalue weighted by Crippen LogP contribution is -2.50. The molecule has 1 aromatic rings. The molecule has 0 bridgehead atoms. The summed E-state index contributed by atoms with van der Waals surface area (Å²) in [7, 11) is 1.64. The van der Waals surface area contributed by atoms with Gasteiger partial charge in [-0.05, 0) is 44.0 Å². The number of hydrogen-bond donors (Lipinski definition) is 1. The van der Waals surface area contributed by atoms with Crippen molar-refractivity contribution in [3.8, 4) is 5.75 Å². The number of piperidine rings is 1. The summed E-state index contributed by atoms with van der Waals surface area (Å²) in [6.07, 6.45) is 1.93. The Balaban J connectivity index is 2.29. The number of anilines is 1. The normalized spacial score (nSPS) is 19.6. The first-order valence-electron chi connectivity index (χ1n) is 6.86. The lowest BCUT2D eigenvalue weighted by Gasteiger charge is -2.33. The van der Waals surface area contributed by atoms with Crippen LogP contribution in [0.1, 0.15) is 25.3 Å². The molecule has 1 unspecified atom stereocenters. The number of aryl methyl sites for hydroxylation is 1. The molecule has 1 atom stereocenters. The largest absolute Gasteiger partial charge is 0.495 e. The Morgan fingerprint density at radius 1 is 1.47 bits per heavy atom. The van der Waals surface area contributed by atoms with Gasteiger partial charge in [-0.2, -0.15) is 0 Å². The maximum Gasteiger partial charge on any atom is 0.244 e. The fraction of sp³-hybridized carbons (Fsp3) is 0.533. The third-order valence-corrected chi connectivity index (χ3v) is 3.51. The lowest BCUT2D eigenvalue weighted by atomic mass is 10.0. The molecule has 4 heteroatoms. The molecule has 1 aromatic carbocycles. The number of methoxy groups -OCH3 is 1. The average Bonchev–Trinajstić information content (AvgIpc) is 2.41. The van der Waals surface area contributed by atoms with Crippen molar-refractivity contribution in [2.75, 3.05) is 25.1 Å². The minimum absolute atomic E-state index is 0.0658. The van der Waals surface area contributed by atoms with Crippen LogP contribution in [-0.4, -0.2) is 32.1 Å². The molecule has 1 N–H and O–H groups in total. The molecular formula is C15H22N2O2. The molecule has 19 heavy (non-hydrogen) atoms. The van der Waals surface area contributed by atoms with Crippen molar-refractivity contribution in [2.24, 2.45) is 0 Å². The van der Waals surface area contributed by atoms with Crippen LogP contribution in [0.15, 0.2) is 18.2 Å². The van der Waals surface area contributed by atoms with Gasteiger partial charge >= 0.3 is 0 Å². The summed E-state index contributed by atoms with van der Waals surface area (Å²) in [5.74, 6) is 0.910. The van der Waals surface area contributed by atoms with E-state index < -0.39 is 0 Å². The zero-order valence-electron chi connectivity index (χ0n) is 11.9. The molecule has 1 aliphatic rings. The van der Waals surface area contributed by atoms with Crippen LogP contribution < -0.4 is 15.0 Å². The summed E-state index contributed by atoms with van der Waals surface area (Å²) >= 11 is 0. The van der Waals surface area contributed by atoms with Crippen LogP contribution in [0.25, 0.3) is 0 Å². The standard InChI is InChI=1S/C15H22N2O2/c1-4-16-12-6-5-9-17(15(12)18)13-10-11(2)7-8-14(13)19-3/h7-8,10,12,16H,4-6,9H2,1-3H3. The second-order valence-corrected chi connectivity index (χ2v) is 4.92.